The Kier molecular flexibility index (Phi) is 6.28. The van der Waals surface area contributed by atoms with E-state index < -0.39 is 39.9 Å². The average Bonchev–Trinajstić information content (AvgIpc) is 3.51. The molecule has 1 aliphatic heterocycles. The lowest BCUT2D eigenvalue weighted by atomic mass is 10.0. The van der Waals surface area contributed by atoms with Gasteiger partial charge in [-0.25, -0.2) is 18.2 Å². The molecule has 11 nitrogen and oxygen atoms in total. The van der Waals surface area contributed by atoms with Gasteiger partial charge in [0.15, 0.2) is 5.69 Å². The molecule has 0 saturated heterocycles. The van der Waals surface area contributed by atoms with Gasteiger partial charge >= 0.3 is 6.18 Å². The molecule has 4 aromatic rings. The number of hydrogen-bond acceptors (Lipinski definition) is 8. The number of carbonyl (C=O) groups is 1. The molecule has 200 valence electrons. The monoisotopic (exact) mass is 557 g/mol. The SMILES string of the molecule is NS(=O)(=O)c1ccc(-n2nnc(C(=O)N3N=C(c4ccccn4)CC3(O)C(F)(F)F)c2-c2ccccc2)cc1. The maximum absolute atomic E-state index is 14.1. The van der Waals surface area contributed by atoms with Crippen LogP contribution < -0.4 is 5.14 Å². The Balaban J connectivity index is 1.65. The summed E-state index contributed by atoms with van der Waals surface area (Å²) in [6.45, 7) is 0. The van der Waals surface area contributed by atoms with Crippen LogP contribution in [-0.4, -0.2) is 62.0 Å². The highest BCUT2D eigenvalue weighted by Gasteiger charge is 2.64. The average molecular weight is 558 g/mol. The fraction of sp³-hybridized carbons (Fsp3) is 0.125. The molecule has 1 aliphatic rings. The van der Waals surface area contributed by atoms with Crippen LogP contribution in [0.5, 0.6) is 0 Å². The molecule has 2 aromatic carbocycles. The van der Waals surface area contributed by atoms with Crippen molar-refractivity contribution in [3.05, 3.63) is 90.4 Å². The van der Waals surface area contributed by atoms with Crippen LogP contribution in [0.4, 0.5) is 13.2 Å². The van der Waals surface area contributed by atoms with Crippen molar-refractivity contribution in [3.8, 4) is 16.9 Å². The molecule has 0 fully saturated rings. The molecule has 1 unspecified atom stereocenters. The van der Waals surface area contributed by atoms with Crippen molar-refractivity contribution in [2.45, 2.75) is 23.2 Å². The Hall–Kier alpha value is -4.47. The number of primary sulfonamides is 1. The van der Waals surface area contributed by atoms with Crippen molar-refractivity contribution in [1.29, 1.82) is 0 Å². The Bertz CT molecular complexity index is 1680. The highest BCUT2D eigenvalue weighted by atomic mass is 32.2. The van der Waals surface area contributed by atoms with E-state index in [0.29, 0.717) is 5.56 Å². The molecule has 0 saturated carbocycles. The van der Waals surface area contributed by atoms with Gasteiger partial charge in [-0.15, -0.1) is 5.10 Å². The number of alkyl halides is 3. The second-order valence-corrected chi connectivity index (χ2v) is 10.0. The summed E-state index contributed by atoms with van der Waals surface area (Å²) in [5, 5.41) is 27.5. The number of nitrogens with two attached hydrogens (primary N) is 1. The van der Waals surface area contributed by atoms with Gasteiger partial charge in [0.2, 0.25) is 10.0 Å². The highest BCUT2D eigenvalue weighted by molar-refractivity contribution is 7.89. The zero-order valence-corrected chi connectivity index (χ0v) is 20.5. The summed E-state index contributed by atoms with van der Waals surface area (Å²) in [5.41, 5.74) is -3.84. The fourth-order valence-corrected chi connectivity index (χ4v) is 4.51. The third kappa shape index (κ3) is 4.67. The normalized spacial score (nSPS) is 17.8. The summed E-state index contributed by atoms with van der Waals surface area (Å²) in [5.74, 6) is -1.37. The van der Waals surface area contributed by atoms with Crippen molar-refractivity contribution in [1.82, 2.24) is 25.0 Å². The summed E-state index contributed by atoms with van der Waals surface area (Å²) in [6, 6.07) is 17.7. The minimum atomic E-state index is -5.28. The van der Waals surface area contributed by atoms with Crippen molar-refractivity contribution >= 4 is 21.6 Å². The molecule has 15 heteroatoms. The number of halogens is 3. The molecule has 5 rings (SSSR count). The van der Waals surface area contributed by atoms with Crippen LogP contribution in [0, 0.1) is 0 Å². The zero-order valence-electron chi connectivity index (χ0n) is 19.7. The van der Waals surface area contributed by atoms with E-state index in [2.05, 4.69) is 20.4 Å². The number of nitrogens with zero attached hydrogens (tertiary/aromatic N) is 6. The minimum absolute atomic E-state index is 0.0185. The van der Waals surface area contributed by atoms with E-state index in [9.17, 15) is 31.5 Å². The zero-order chi connectivity index (χ0) is 28.0. The van der Waals surface area contributed by atoms with Gasteiger partial charge in [-0.3, -0.25) is 9.78 Å². The van der Waals surface area contributed by atoms with Crippen LogP contribution in [0.25, 0.3) is 16.9 Å². The lowest BCUT2D eigenvalue weighted by Crippen LogP contribution is -2.56. The van der Waals surface area contributed by atoms with Gasteiger partial charge in [0.25, 0.3) is 11.6 Å². The van der Waals surface area contributed by atoms with Crippen LogP contribution in [0.15, 0.2) is 89.0 Å². The number of hydrogen-bond donors (Lipinski definition) is 2. The summed E-state index contributed by atoms with van der Waals surface area (Å²) >= 11 is 0. The standard InChI is InChI=1S/C24H18F3N7O4S/c25-24(26,27)23(36)14-19(18-8-4-5-13-29-18)31-34(23)22(35)20-21(15-6-2-1-3-7-15)33(32-30-20)16-9-11-17(12-10-16)39(28,37)38/h1-13,36H,14H2,(H2,28,37,38). The van der Waals surface area contributed by atoms with Gasteiger partial charge in [-0.1, -0.05) is 41.6 Å². The molecular weight excluding hydrogens is 539 g/mol. The number of sulfonamides is 1. The van der Waals surface area contributed by atoms with Gasteiger partial charge in [-0.05, 0) is 36.4 Å². The molecule has 0 radical (unpaired) electrons. The molecule has 1 amide bonds. The first-order valence-corrected chi connectivity index (χ1v) is 12.7. The third-order valence-corrected chi connectivity index (χ3v) is 6.85. The van der Waals surface area contributed by atoms with E-state index in [-0.39, 0.29) is 32.7 Å². The predicted molar refractivity (Wildman–Crippen MR) is 131 cm³/mol. The number of hydrazone groups is 1. The largest absolute Gasteiger partial charge is 0.438 e. The molecule has 39 heavy (non-hydrogen) atoms. The lowest BCUT2D eigenvalue weighted by molar-refractivity contribution is -0.297. The van der Waals surface area contributed by atoms with E-state index in [0.717, 1.165) is 4.68 Å². The maximum atomic E-state index is 14.1. The molecule has 2 aromatic heterocycles. The Morgan fingerprint density at radius 3 is 2.26 bits per heavy atom. The molecular formula is C24H18F3N7O4S. The first-order valence-electron chi connectivity index (χ1n) is 11.2. The van der Waals surface area contributed by atoms with Crippen molar-refractivity contribution in [2.24, 2.45) is 10.2 Å². The van der Waals surface area contributed by atoms with E-state index in [1.807, 2.05) is 0 Å². The lowest BCUT2D eigenvalue weighted by Gasteiger charge is -2.32. The van der Waals surface area contributed by atoms with Gasteiger partial charge in [0.05, 0.1) is 28.4 Å². The molecule has 0 aliphatic carbocycles. The van der Waals surface area contributed by atoms with Crippen LogP contribution in [0.2, 0.25) is 0 Å². The smallest absolute Gasteiger partial charge is 0.362 e. The number of aliphatic hydroxyl groups is 1. The van der Waals surface area contributed by atoms with E-state index in [1.54, 1.807) is 36.4 Å². The summed E-state index contributed by atoms with van der Waals surface area (Å²) in [7, 11) is -4.00. The van der Waals surface area contributed by atoms with Crippen molar-refractivity contribution < 1.29 is 31.5 Å². The Morgan fingerprint density at radius 2 is 1.67 bits per heavy atom. The van der Waals surface area contributed by atoms with Gasteiger partial charge in [0.1, 0.15) is 5.69 Å². The maximum Gasteiger partial charge on any atom is 0.438 e. The Labute approximate surface area is 219 Å². The second kappa shape index (κ2) is 9.37. The first-order chi connectivity index (χ1) is 18.4. The van der Waals surface area contributed by atoms with Crippen LogP contribution >= 0.6 is 0 Å². The number of aromatic nitrogens is 4. The fourth-order valence-electron chi connectivity index (χ4n) is 4.00. The second-order valence-electron chi connectivity index (χ2n) is 8.47. The minimum Gasteiger partial charge on any atom is -0.362 e. The van der Waals surface area contributed by atoms with Crippen LogP contribution in [-0.2, 0) is 10.0 Å². The first kappa shape index (κ1) is 26.1. The molecule has 3 N–H and O–H groups in total. The van der Waals surface area contributed by atoms with Gasteiger partial charge < -0.3 is 5.11 Å². The van der Waals surface area contributed by atoms with Crippen molar-refractivity contribution in [2.75, 3.05) is 0 Å². The number of benzene rings is 2. The Morgan fingerprint density at radius 1 is 1.00 bits per heavy atom. The van der Waals surface area contributed by atoms with Crippen molar-refractivity contribution in [3.63, 3.8) is 0 Å². The molecule has 1 atom stereocenters. The number of rotatable bonds is 5. The summed E-state index contributed by atoms with van der Waals surface area (Å²) in [6.07, 6.45) is -4.99. The van der Waals surface area contributed by atoms with E-state index >= 15 is 0 Å². The molecule has 0 spiro atoms. The quantitative estimate of drug-likeness (QED) is 0.382. The molecule has 0 bridgehead atoms. The molecule has 3 heterocycles. The van der Waals surface area contributed by atoms with Crippen LogP contribution in [0.3, 0.4) is 0 Å². The predicted octanol–water partition coefficient (Wildman–Crippen LogP) is 2.48. The topological polar surface area (TPSA) is 157 Å². The van der Waals surface area contributed by atoms with Gasteiger partial charge in [-0.2, -0.15) is 23.3 Å². The third-order valence-electron chi connectivity index (χ3n) is 5.92. The number of carbonyl (C=O) groups excluding carboxylic acids is 1. The summed E-state index contributed by atoms with van der Waals surface area (Å²) < 4.78 is 66.9. The van der Waals surface area contributed by atoms with Crippen LogP contribution in [0.1, 0.15) is 22.6 Å². The van der Waals surface area contributed by atoms with E-state index in [1.165, 1.54) is 42.6 Å². The highest BCUT2D eigenvalue weighted by Crippen LogP contribution is 2.42. The number of amides is 1. The van der Waals surface area contributed by atoms with E-state index in [4.69, 9.17) is 5.14 Å². The number of pyridine rings is 1. The summed E-state index contributed by atoms with van der Waals surface area (Å²) in [4.78, 5) is 17.4. The van der Waals surface area contributed by atoms with Gasteiger partial charge in [0, 0.05) is 11.8 Å².